The number of rotatable bonds is 7. The van der Waals surface area contributed by atoms with Gasteiger partial charge in [-0.3, -0.25) is 9.79 Å². The summed E-state index contributed by atoms with van der Waals surface area (Å²) < 4.78 is 11.0. The average Bonchev–Trinajstić information content (AvgIpc) is 3.28. The molecule has 1 aliphatic rings. The molecule has 2 aromatic carbocycles. The Morgan fingerprint density at radius 3 is 2.72 bits per heavy atom. The molecule has 0 radical (unpaired) electrons. The van der Waals surface area contributed by atoms with Crippen molar-refractivity contribution in [2.24, 2.45) is 4.99 Å². The lowest BCUT2D eigenvalue weighted by molar-refractivity contribution is -0.124. The Kier molecular flexibility index (Phi) is 7.64. The Morgan fingerprint density at radius 1 is 1.08 bits per heavy atom. The van der Waals surface area contributed by atoms with Crippen molar-refractivity contribution in [3.8, 4) is 17.6 Å². The van der Waals surface area contributed by atoms with Gasteiger partial charge in [-0.15, -0.1) is 0 Å². The van der Waals surface area contributed by atoms with Crippen molar-refractivity contribution in [2.45, 2.75) is 12.5 Å². The van der Waals surface area contributed by atoms with E-state index in [4.69, 9.17) is 31.1 Å². The number of allylic oxidation sites excluding steroid dienone is 1. The second-order valence-corrected chi connectivity index (χ2v) is 9.04. The highest BCUT2D eigenvalue weighted by atomic mass is 35.5. The van der Waals surface area contributed by atoms with Gasteiger partial charge in [0, 0.05) is 29.8 Å². The van der Waals surface area contributed by atoms with Gasteiger partial charge in [-0.2, -0.15) is 0 Å². The van der Waals surface area contributed by atoms with Gasteiger partial charge in [0.15, 0.2) is 16.4 Å². The molecule has 1 unspecified atom stereocenters. The second-order valence-electron chi connectivity index (χ2n) is 8.68. The number of hydrogen-bond acceptors (Lipinski definition) is 7. The molecule has 0 saturated heterocycles. The van der Waals surface area contributed by atoms with Crippen LogP contribution < -0.4 is 10.1 Å². The van der Waals surface area contributed by atoms with Gasteiger partial charge in [0.1, 0.15) is 18.7 Å². The van der Waals surface area contributed by atoms with Crippen molar-refractivity contribution in [1.29, 1.82) is 0 Å². The fourth-order valence-corrected chi connectivity index (χ4v) is 4.59. The molecule has 1 aliphatic heterocycles. The Hall–Kier alpha value is -4.58. The third-order valence-electron chi connectivity index (χ3n) is 6.28. The molecule has 5 rings (SSSR count). The van der Waals surface area contributed by atoms with Crippen LogP contribution in [0, 0.1) is 11.8 Å². The zero-order chi connectivity index (χ0) is 27.2. The monoisotopic (exact) mass is 537 g/mol. The minimum absolute atomic E-state index is 0.00794. The molecule has 2 aromatic heterocycles. The van der Waals surface area contributed by atoms with E-state index >= 15 is 0 Å². The van der Waals surface area contributed by atoms with E-state index in [1.54, 1.807) is 30.9 Å². The van der Waals surface area contributed by atoms with Gasteiger partial charge in [0.05, 0.1) is 24.0 Å². The number of hydrogen-bond donors (Lipinski definition) is 1. The van der Waals surface area contributed by atoms with Crippen LogP contribution in [0.5, 0.6) is 5.75 Å². The largest absolute Gasteiger partial charge is 0.452 e. The van der Waals surface area contributed by atoms with Crippen LogP contribution in [-0.4, -0.2) is 47.3 Å². The van der Waals surface area contributed by atoms with E-state index in [1.807, 2.05) is 55.5 Å². The maximum Gasteiger partial charge on any atom is 0.246 e. The Bertz CT molecular complexity index is 1660. The fraction of sp³-hybridized carbons (Fsp3) is 0.167. The van der Waals surface area contributed by atoms with E-state index in [1.165, 1.54) is 7.11 Å². The predicted molar refractivity (Wildman–Crippen MR) is 150 cm³/mol. The summed E-state index contributed by atoms with van der Waals surface area (Å²) in [6, 6.07) is 19.2. The first kappa shape index (κ1) is 26.0. The maximum absolute atomic E-state index is 11.6. The number of amides is 1. The smallest absolute Gasteiger partial charge is 0.246 e. The van der Waals surface area contributed by atoms with Crippen molar-refractivity contribution in [3.63, 3.8) is 0 Å². The lowest BCUT2D eigenvalue weighted by Gasteiger charge is -2.29. The molecular weight excluding hydrogens is 514 g/mol. The van der Waals surface area contributed by atoms with E-state index in [0.29, 0.717) is 17.2 Å². The number of nitrogens with one attached hydrogen (secondary N) is 1. The van der Waals surface area contributed by atoms with Gasteiger partial charge < -0.3 is 14.8 Å². The highest BCUT2D eigenvalue weighted by molar-refractivity contribution is 6.30. The Balaban J connectivity index is 1.60. The lowest BCUT2D eigenvalue weighted by atomic mass is 9.80. The first-order valence-electron chi connectivity index (χ1n) is 12.1. The number of nitrogens with zero attached hydrogens (tertiary/aromatic N) is 4. The molecule has 0 bridgehead atoms. The molecule has 194 valence electrons. The molecule has 0 aliphatic carbocycles. The third-order valence-corrected chi connectivity index (χ3v) is 6.57. The highest BCUT2D eigenvalue weighted by Crippen LogP contribution is 2.46. The van der Waals surface area contributed by atoms with E-state index in [2.05, 4.69) is 27.1 Å². The number of pyridine rings is 1. The summed E-state index contributed by atoms with van der Waals surface area (Å²) in [5.41, 5.74) is 3.00. The zero-order valence-electron chi connectivity index (χ0n) is 21.3. The average molecular weight is 538 g/mol. The van der Waals surface area contributed by atoms with Crippen LogP contribution in [0.25, 0.3) is 10.9 Å². The predicted octanol–water partition coefficient (Wildman–Crippen LogP) is 4.47. The van der Waals surface area contributed by atoms with Crippen LogP contribution in [0.15, 0.2) is 89.5 Å². The number of fused-ring (bicyclic) bond motifs is 1. The molecule has 0 saturated carbocycles. The quantitative estimate of drug-likeness (QED) is 0.276. The number of aliphatic imine (C=N–C) groups is 1. The van der Waals surface area contributed by atoms with Crippen LogP contribution in [-0.2, 0) is 15.1 Å². The number of methoxy groups -OCH3 is 1. The minimum Gasteiger partial charge on any atom is -0.452 e. The standard InChI is InChI=1S/C30H24ClN5O3/c1-20-26(39-25-11-7-15-33-29(25)31)17-36-30(20,22-9-4-3-5-10-22)28-23-16-21(12-13-24(23)34-19-35-28)8-6-14-32-27(37)18-38-2/h3-5,7,9-13,15-17,19H,14,18H2,1-2H3,(H,32,37). The molecule has 9 heteroatoms. The number of carbonyl (C=O) groups excluding carboxylic acids is 1. The number of benzene rings is 2. The normalized spacial score (nSPS) is 16.2. The van der Waals surface area contributed by atoms with Crippen molar-refractivity contribution >= 4 is 34.6 Å². The number of carbonyl (C=O) groups is 1. The molecule has 1 N–H and O–H groups in total. The van der Waals surface area contributed by atoms with Crippen LogP contribution in [0.4, 0.5) is 0 Å². The molecule has 8 nitrogen and oxygen atoms in total. The van der Waals surface area contributed by atoms with Gasteiger partial charge in [-0.25, -0.2) is 15.0 Å². The minimum atomic E-state index is -0.966. The van der Waals surface area contributed by atoms with Gasteiger partial charge in [-0.1, -0.05) is 53.8 Å². The SMILES string of the molecule is COCC(=O)NCC#Cc1ccc2ncnc(C3(c4ccccc4)N=CC(Oc4cccnc4Cl)=C3C)c2c1. The van der Waals surface area contributed by atoms with Crippen LogP contribution >= 0.6 is 11.6 Å². The van der Waals surface area contributed by atoms with Gasteiger partial charge >= 0.3 is 0 Å². The summed E-state index contributed by atoms with van der Waals surface area (Å²) in [7, 11) is 1.47. The summed E-state index contributed by atoms with van der Waals surface area (Å²) in [5.74, 6) is 6.85. The van der Waals surface area contributed by atoms with Crippen molar-refractivity contribution in [2.75, 3.05) is 20.3 Å². The van der Waals surface area contributed by atoms with Gasteiger partial charge in [-0.05, 0) is 42.8 Å². The van der Waals surface area contributed by atoms with Crippen molar-refractivity contribution < 1.29 is 14.3 Å². The Morgan fingerprint density at radius 2 is 1.92 bits per heavy atom. The van der Waals surface area contributed by atoms with E-state index < -0.39 is 5.54 Å². The van der Waals surface area contributed by atoms with E-state index in [-0.39, 0.29) is 24.2 Å². The maximum atomic E-state index is 11.6. The lowest BCUT2D eigenvalue weighted by Crippen LogP contribution is -2.27. The summed E-state index contributed by atoms with van der Waals surface area (Å²) in [4.78, 5) is 30.0. The summed E-state index contributed by atoms with van der Waals surface area (Å²) in [6.45, 7) is 2.17. The van der Waals surface area contributed by atoms with Gasteiger partial charge in [0.25, 0.3) is 0 Å². The third kappa shape index (κ3) is 5.23. The summed E-state index contributed by atoms with van der Waals surface area (Å²) in [5, 5.41) is 3.76. The van der Waals surface area contributed by atoms with Gasteiger partial charge in [0.2, 0.25) is 5.91 Å². The number of aromatic nitrogens is 3. The summed E-state index contributed by atoms with van der Waals surface area (Å²) in [6.07, 6.45) is 4.85. The molecule has 4 aromatic rings. The topological polar surface area (TPSA) is 98.6 Å². The first-order chi connectivity index (χ1) is 19.0. The van der Waals surface area contributed by atoms with E-state index in [0.717, 1.165) is 27.6 Å². The number of halogens is 1. The molecule has 3 heterocycles. The van der Waals surface area contributed by atoms with Crippen molar-refractivity contribution in [3.05, 3.63) is 106 Å². The number of ether oxygens (including phenoxy) is 2. The Labute approximate surface area is 230 Å². The molecule has 0 spiro atoms. The second kappa shape index (κ2) is 11.4. The fourth-order valence-electron chi connectivity index (χ4n) is 4.44. The molecule has 1 atom stereocenters. The zero-order valence-corrected chi connectivity index (χ0v) is 22.1. The molecule has 1 amide bonds. The van der Waals surface area contributed by atoms with Crippen LogP contribution in [0.3, 0.4) is 0 Å². The van der Waals surface area contributed by atoms with E-state index in [9.17, 15) is 4.79 Å². The summed E-state index contributed by atoms with van der Waals surface area (Å²) >= 11 is 6.27. The molecule has 0 fully saturated rings. The van der Waals surface area contributed by atoms with Crippen LogP contribution in [0.2, 0.25) is 5.15 Å². The van der Waals surface area contributed by atoms with Crippen molar-refractivity contribution in [1.82, 2.24) is 20.3 Å². The van der Waals surface area contributed by atoms with Crippen LogP contribution in [0.1, 0.15) is 23.7 Å². The highest BCUT2D eigenvalue weighted by Gasteiger charge is 2.43. The molecule has 39 heavy (non-hydrogen) atoms. The molecular formula is C30H24ClN5O3. The first-order valence-corrected chi connectivity index (χ1v) is 12.5.